The van der Waals surface area contributed by atoms with Crippen molar-refractivity contribution >= 4 is 39.2 Å². The number of aliphatic hydroxyl groups is 2. The van der Waals surface area contributed by atoms with Gasteiger partial charge in [-0.15, -0.1) is 0 Å². The molecule has 0 unspecified atom stereocenters. The van der Waals surface area contributed by atoms with Crippen LogP contribution in [0.3, 0.4) is 0 Å². The number of nitrogens with one attached hydrogen (secondary N) is 1. The Morgan fingerprint density at radius 3 is 2.32 bits per heavy atom. The zero-order valence-corrected chi connectivity index (χ0v) is 26.8. The standard InChI is InChI=1S/C32H39ClN2O8S/c1-5-42-30(38)27-20-26(13-14-28(27)34-16-18-36)44(40,41)25-11-9-22(10-12-25)15-17-35(31(39)43-32(2,3)4)21-29(37)23-7-6-8-24(33)19-23/h6-14,19-20,29,34,36-37H,5,15-18,21H2,1-4H3/t29-/m1/s1. The second-order valence-electron chi connectivity index (χ2n) is 11.0. The maximum atomic E-state index is 13.5. The van der Waals surface area contributed by atoms with Gasteiger partial charge in [0.2, 0.25) is 9.84 Å². The molecule has 0 heterocycles. The van der Waals surface area contributed by atoms with Gasteiger partial charge in [0.25, 0.3) is 0 Å². The summed E-state index contributed by atoms with van der Waals surface area (Å²) in [6, 6.07) is 17.1. The van der Waals surface area contributed by atoms with Crippen molar-refractivity contribution in [1.29, 1.82) is 0 Å². The third-order valence-electron chi connectivity index (χ3n) is 6.41. The number of hydrogen-bond donors (Lipinski definition) is 3. The van der Waals surface area contributed by atoms with Gasteiger partial charge in [-0.2, -0.15) is 0 Å². The van der Waals surface area contributed by atoms with Gasteiger partial charge in [-0.3, -0.25) is 0 Å². The molecular weight excluding hydrogens is 608 g/mol. The second kappa shape index (κ2) is 15.4. The number of rotatable bonds is 13. The van der Waals surface area contributed by atoms with Crippen molar-refractivity contribution in [2.45, 2.75) is 55.6 Å². The van der Waals surface area contributed by atoms with E-state index < -0.39 is 33.6 Å². The first kappa shape index (κ1) is 34.8. The molecule has 44 heavy (non-hydrogen) atoms. The molecule has 0 saturated carbocycles. The number of amides is 1. The van der Waals surface area contributed by atoms with E-state index in [1.165, 1.54) is 35.2 Å². The molecule has 0 aliphatic heterocycles. The van der Waals surface area contributed by atoms with E-state index in [1.54, 1.807) is 64.1 Å². The summed E-state index contributed by atoms with van der Waals surface area (Å²) in [6.45, 7) is 7.19. The second-order valence-corrected chi connectivity index (χ2v) is 13.4. The van der Waals surface area contributed by atoms with E-state index in [0.717, 1.165) is 5.56 Å². The van der Waals surface area contributed by atoms with Crippen LogP contribution < -0.4 is 5.32 Å². The summed E-state index contributed by atoms with van der Waals surface area (Å²) >= 11 is 6.07. The number of halogens is 1. The van der Waals surface area contributed by atoms with Crippen molar-refractivity contribution in [3.05, 3.63) is 88.4 Å². The number of hydrogen-bond acceptors (Lipinski definition) is 9. The largest absolute Gasteiger partial charge is 0.462 e. The van der Waals surface area contributed by atoms with Gasteiger partial charge >= 0.3 is 12.1 Å². The van der Waals surface area contributed by atoms with Crippen LogP contribution in [0.15, 0.2) is 76.5 Å². The molecule has 1 amide bonds. The lowest BCUT2D eigenvalue weighted by molar-refractivity contribution is 0.0147. The Morgan fingerprint density at radius 2 is 1.70 bits per heavy atom. The highest BCUT2D eigenvalue weighted by Crippen LogP contribution is 2.27. The van der Waals surface area contributed by atoms with Crippen LogP contribution in [0.2, 0.25) is 5.02 Å². The molecule has 10 nitrogen and oxygen atoms in total. The number of aliphatic hydroxyl groups excluding tert-OH is 2. The lowest BCUT2D eigenvalue weighted by Crippen LogP contribution is -2.40. The van der Waals surface area contributed by atoms with Gasteiger partial charge in [0, 0.05) is 23.8 Å². The maximum absolute atomic E-state index is 13.5. The lowest BCUT2D eigenvalue weighted by atomic mass is 10.1. The molecule has 3 aromatic rings. The van der Waals surface area contributed by atoms with Crippen molar-refractivity contribution in [2.75, 3.05) is 38.2 Å². The summed E-state index contributed by atoms with van der Waals surface area (Å²) in [5.74, 6) is -0.685. The number of esters is 1. The minimum absolute atomic E-state index is 0.0208. The van der Waals surface area contributed by atoms with Crippen LogP contribution in [0, 0.1) is 0 Å². The van der Waals surface area contributed by atoms with Gasteiger partial charge in [-0.1, -0.05) is 35.9 Å². The van der Waals surface area contributed by atoms with Crippen LogP contribution >= 0.6 is 11.6 Å². The first-order valence-electron chi connectivity index (χ1n) is 14.2. The Labute approximate surface area is 263 Å². The Hall–Kier alpha value is -3.64. The van der Waals surface area contributed by atoms with Gasteiger partial charge in [-0.25, -0.2) is 18.0 Å². The average molecular weight is 647 g/mol. The van der Waals surface area contributed by atoms with Crippen LogP contribution in [0.1, 0.15) is 55.3 Å². The van der Waals surface area contributed by atoms with Crippen LogP contribution in [0.25, 0.3) is 0 Å². The van der Waals surface area contributed by atoms with Gasteiger partial charge in [0.15, 0.2) is 0 Å². The Morgan fingerprint density at radius 1 is 1.02 bits per heavy atom. The van der Waals surface area contributed by atoms with E-state index in [9.17, 15) is 23.1 Å². The SMILES string of the molecule is CCOC(=O)c1cc(S(=O)(=O)c2ccc(CCN(C[C@@H](O)c3cccc(Cl)c3)C(=O)OC(C)(C)C)cc2)ccc1NCCO. The van der Waals surface area contributed by atoms with E-state index in [2.05, 4.69) is 5.32 Å². The Balaban J connectivity index is 1.79. The summed E-state index contributed by atoms with van der Waals surface area (Å²) in [7, 11) is -3.99. The predicted octanol–water partition coefficient (Wildman–Crippen LogP) is 5.27. The molecule has 0 aliphatic carbocycles. The monoisotopic (exact) mass is 646 g/mol. The van der Waals surface area contributed by atoms with Crippen LogP contribution in [0.4, 0.5) is 10.5 Å². The van der Waals surface area contributed by atoms with Crippen LogP contribution in [-0.2, 0) is 25.7 Å². The minimum Gasteiger partial charge on any atom is -0.462 e. The highest BCUT2D eigenvalue weighted by Gasteiger charge is 2.25. The summed E-state index contributed by atoms with van der Waals surface area (Å²) in [6.07, 6.45) is -1.23. The number of sulfone groups is 1. The molecule has 0 aliphatic rings. The Bertz CT molecular complexity index is 1540. The fraction of sp³-hybridized carbons (Fsp3) is 0.375. The van der Waals surface area contributed by atoms with Gasteiger partial charge < -0.3 is 29.9 Å². The first-order chi connectivity index (χ1) is 20.7. The third kappa shape index (κ3) is 9.68. The number of anilines is 1. The number of carbonyl (C=O) groups is 2. The molecule has 3 aromatic carbocycles. The molecule has 0 radical (unpaired) electrons. The number of nitrogens with zero attached hydrogens (tertiary/aromatic N) is 1. The zero-order valence-electron chi connectivity index (χ0n) is 25.2. The normalized spacial score (nSPS) is 12.3. The van der Waals surface area contributed by atoms with E-state index >= 15 is 0 Å². The number of ether oxygens (including phenoxy) is 2. The molecule has 3 rings (SSSR count). The van der Waals surface area contributed by atoms with Crippen molar-refractivity contribution < 1.29 is 37.7 Å². The number of carbonyl (C=O) groups excluding carboxylic acids is 2. The van der Waals surface area contributed by atoms with Crippen molar-refractivity contribution in [3.8, 4) is 0 Å². The Kier molecular flexibility index (Phi) is 12.2. The third-order valence-corrected chi connectivity index (χ3v) is 8.41. The van der Waals surface area contributed by atoms with E-state index in [0.29, 0.717) is 22.7 Å². The van der Waals surface area contributed by atoms with Gasteiger partial charge in [-0.05, 0) is 87.7 Å². The van der Waals surface area contributed by atoms with E-state index in [-0.39, 0.29) is 48.2 Å². The van der Waals surface area contributed by atoms with Gasteiger partial charge in [0.1, 0.15) is 5.60 Å². The molecule has 238 valence electrons. The smallest absolute Gasteiger partial charge is 0.410 e. The fourth-order valence-corrected chi connectivity index (χ4v) is 5.75. The molecule has 3 N–H and O–H groups in total. The molecule has 0 aromatic heterocycles. The molecule has 0 bridgehead atoms. The topological polar surface area (TPSA) is 142 Å². The van der Waals surface area contributed by atoms with Crippen LogP contribution in [-0.4, -0.2) is 74.0 Å². The predicted molar refractivity (Wildman–Crippen MR) is 168 cm³/mol. The molecule has 1 atom stereocenters. The highest BCUT2D eigenvalue weighted by molar-refractivity contribution is 7.91. The summed E-state index contributed by atoms with van der Waals surface area (Å²) in [5, 5.41) is 23.3. The average Bonchev–Trinajstić information content (AvgIpc) is 2.97. The molecule has 0 saturated heterocycles. The van der Waals surface area contributed by atoms with E-state index in [4.69, 9.17) is 26.2 Å². The zero-order chi connectivity index (χ0) is 32.5. The molecular formula is C32H39ClN2O8S. The van der Waals surface area contributed by atoms with Crippen molar-refractivity contribution in [2.24, 2.45) is 0 Å². The van der Waals surface area contributed by atoms with E-state index in [1.807, 2.05) is 0 Å². The summed E-state index contributed by atoms with van der Waals surface area (Å²) in [4.78, 5) is 26.9. The lowest BCUT2D eigenvalue weighted by Gasteiger charge is -2.29. The molecule has 0 spiro atoms. The maximum Gasteiger partial charge on any atom is 0.410 e. The molecule has 12 heteroatoms. The quantitative estimate of drug-likeness (QED) is 0.212. The van der Waals surface area contributed by atoms with Gasteiger partial charge in [0.05, 0.1) is 41.2 Å². The van der Waals surface area contributed by atoms with Crippen molar-refractivity contribution in [1.82, 2.24) is 4.90 Å². The van der Waals surface area contributed by atoms with Crippen molar-refractivity contribution in [3.63, 3.8) is 0 Å². The van der Waals surface area contributed by atoms with Crippen LogP contribution in [0.5, 0.6) is 0 Å². The summed E-state index contributed by atoms with van der Waals surface area (Å²) in [5.41, 5.74) is 0.962. The fourth-order valence-electron chi connectivity index (χ4n) is 4.26. The minimum atomic E-state index is -3.99. The number of benzene rings is 3. The first-order valence-corrected chi connectivity index (χ1v) is 16.0. The molecule has 0 fully saturated rings. The highest BCUT2D eigenvalue weighted by atomic mass is 35.5. The summed E-state index contributed by atoms with van der Waals surface area (Å²) < 4.78 is 37.5.